The first-order valence-corrected chi connectivity index (χ1v) is 10.1. The number of amides is 2. The molecular formula is C22H31N3O4. The fourth-order valence-electron chi connectivity index (χ4n) is 3.94. The van der Waals surface area contributed by atoms with Gasteiger partial charge in [-0.3, -0.25) is 4.99 Å². The molecule has 1 aromatic carbocycles. The summed E-state index contributed by atoms with van der Waals surface area (Å²) in [6, 6.07) is 3.78. The Morgan fingerprint density at radius 2 is 2.17 bits per heavy atom. The van der Waals surface area contributed by atoms with E-state index >= 15 is 0 Å². The third kappa shape index (κ3) is 5.16. The van der Waals surface area contributed by atoms with E-state index in [0.717, 1.165) is 48.6 Å². The van der Waals surface area contributed by atoms with Gasteiger partial charge in [0.25, 0.3) is 0 Å². The molecule has 29 heavy (non-hydrogen) atoms. The predicted octanol–water partition coefficient (Wildman–Crippen LogP) is 3.28. The van der Waals surface area contributed by atoms with Crippen molar-refractivity contribution < 1.29 is 19.4 Å². The number of ether oxygens (including phenoxy) is 2. The number of benzene rings is 1. The molecule has 2 N–H and O–H groups in total. The van der Waals surface area contributed by atoms with Crippen LogP contribution in [-0.4, -0.2) is 61.3 Å². The van der Waals surface area contributed by atoms with Crippen molar-refractivity contribution in [2.75, 3.05) is 33.4 Å². The molecule has 0 unspecified atom stereocenters. The Labute approximate surface area is 172 Å². The van der Waals surface area contributed by atoms with E-state index in [1.807, 2.05) is 13.0 Å². The van der Waals surface area contributed by atoms with Gasteiger partial charge in [0.15, 0.2) is 0 Å². The van der Waals surface area contributed by atoms with E-state index in [1.165, 1.54) is 0 Å². The van der Waals surface area contributed by atoms with Crippen LogP contribution < -0.4 is 10.1 Å². The van der Waals surface area contributed by atoms with Crippen LogP contribution in [-0.2, 0) is 4.74 Å². The number of β-amino-alcohol motifs (C(OH)–C–C–N with tert-alkyl or cyclic N) is 1. The topological polar surface area (TPSA) is 83.4 Å². The van der Waals surface area contributed by atoms with Crippen LogP contribution in [0.15, 0.2) is 29.4 Å². The van der Waals surface area contributed by atoms with Crippen molar-refractivity contribution in [2.24, 2.45) is 4.99 Å². The molecule has 0 aliphatic carbocycles. The third-order valence-electron chi connectivity index (χ3n) is 5.65. The molecule has 7 heteroatoms. The molecule has 0 radical (unpaired) electrons. The van der Waals surface area contributed by atoms with Crippen molar-refractivity contribution in [1.82, 2.24) is 10.2 Å². The first-order valence-electron chi connectivity index (χ1n) is 10.1. The molecule has 2 aliphatic heterocycles. The van der Waals surface area contributed by atoms with Gasteiger partial charge in [-0.25, -0.2) is 4.79 Å². The van der Waals surface area contributed by atoms with E-state index in [-0.39, 0.29) is 6.03 Å². The van der Waals surface area contributed by atoms with E-state index in [0.29, 0.717) is 31.1 Å². The Balaban J connectivity index is 1.74. The summed E-state index contributed by atoms with van der Waals surface area (Å²) in [6.07, 6.45) is 4.07. The second kappa shape index (κ2) is 8.97. The molecule has 158 valence electrons. The number of aliphatic hydroxyl groups is 1. The maximum atomic E-state index is 12.4. The molecule has 2 saturated heterocycles. The number of allylic oxidation sites excluding steroid dienone is 1. The molecule has 1 aromatic rings. The van der Waals surface area contributed by atoms with Gasteiger partial charge < -0.3 is 24.8 Å². The van der Waals surface area contributed by atoms with E-state index in [2.05, 4.69) is 23.0 Å². The average molecular weight is 402 g/mol. The molecule has 2 amide bonds. The molecule has 0 spiro atoms. The Hall–Kier alpha value is -2.38. The number of methoxy groups -OCH3 is 1. The van der Waals surface area contributed by atoms with Gasteiger partial charge in [0.05, 0.1) is 36.9 Å². The van der Waals surface area contributed by atoms with Gasteiger partial charge in [-0.05, 0) is 50.7 Å². The van der Waals surface area contributed by atoms with Crippen LogP contribution in [0, 0.1) is 6.92 Å². The van der Waals surface area contributed by atoms with E-state index in [1.54, 1.807) is 25.1 Å². The Morgan fingerprint density at radius 1 is 1.45 bits per heavy atom. The van der Waals surface area contributed by atoms with Gasteiger partial charge >= 0.3 is 6.03 Å². The highest BCUT2D eigenvalue weighted by molar-refractivity contribution is 5.88. The van der Waals surface area contributed by atoms with Gasteiger partial charge in [0.2, 0.25) is 0 Å². The van der Waals surface area contributed by atoms with Crippen molar-refractivity contribution in [3.63, 3.8) is 0 Å². The number of urea groups is 1. The summed E-state index contributed by atoms with van der Waals surface area (Å²) in [5, 5.41) is 12.8. The molecule has 3 rings (SSSR count). The fourth-order valence-corrected chi connectivity index (χ4v) is 3.94. The molecule has 0 bridgehead atoms. The smallest absolute Gasteiger partial charge is 0.321 e. The Morgan fingerprint density at radius 3 is 2.79 bits per heavy atom. The van der Waals surface area contributed by atoms with Crippen LogP contribution >= 0.6 is 0 Å². The van der Waals surface area contributed by atoms with Crippen molar-refractivity contribution in [3.8, 4) is 5.75 Å². The highest BCUT2D eigenvalue weighted by Gasteiger charge is 2.34. The normalized spacial score (nSPS) is 22.8. The Bertz CT molecular complexity index is 797. The minimum Gasteiger partial charge on any atom is -0.496 e. The number of hydrogen-bond donors (Lipinski definition) is 2. The lowest BCUT2D eigenvalue weighted by atomic mass is 9.89. The molecular weight excluding hydrogens is 370 g/mol. The van der Waals surface area contributed by atoms with E-state index in [9.17, 15) is 9.90 Å². The number of nitrogens with zero attached hydrogens (tertiary/aromatic N) is 2. The van der Waals surface area contributed by atoms with Crippen LogP contribution in [0.3, 0.4) is 0 Å². The standard InChI is InChI=1S/C22H31N3O4/c1-15(24-21(26)25-10-9-22(3,27)14-25)13-23-20-16(2)19(28-4)6-5-18(20)17-7-11-29-12-8-17/h5-6,13,17,27H,1,7-12,14H2,2-4H3,(H,24,26)/b23-13-/t22-/m0/s1. The lowest BCUT2D eigenvalue weighted by Gasteiger charge is -2.25. The second-order valence-corrected chi connectivity index (χ2v) is 8.10. The quantitative estimate of drug-likeness (QED) is 0.742. The number of carbonyl (C=O) groups is 1. The summed E-state index contributed by atoms with van der Waals surface area (Å²) >= 11 is 0. The summed E-state index contributed by atoms with van der Waals surface area (Å²) in [5.41, 5.74) is 2.56. The second-order valence-electron chi connectivity index (χ2n) is 8.10. The van der Waals surface area contributed by atoms with Crippen molar-refractivity contribution in [2.45, 2.75) is 44.6 Å². The van der Waals surface area contributed by atoms with Crippen molar-refractivity contribution in [3.05, 3.63) is 35.5 Å². The van der Waals surface area contributed by atoms with Crippen LogP contribution in [0.25, 0.3) is 0 Å². The fraction of sp³-hybridized carbons (Fsp3) is 0.545. The molecule has 2 fully saturated rings. The molecule has 0 aromatic heterocycles. The van der Waals surface area contributed by atoms with Crippen LogP contribution in [0.2, 0.25) is 0 Å². The number of likely N-dealkylation sites (tertiary alicyclic amines) is 1. The third-order valence-corrected chi connectivity index (χ3v) is 5.65. The van der Waals surface area contributed by atoms with Gasteiger partial charge in [-0.15, -0.1) is 0 Å². The molecule has 1 atom stereocenters. The number of aliphatic imine (C=N–C) groups is 1. The van der Waals surface area contributed by atoms with E-state index in [4.69, 9.17) is 9.47 Å². The Kier molecular flexibility index (Phi) is 6.59. The lowest BCUT2D eigenvalue weighted by molar-refractivity contribution is 0.0721. The predicted molar refractivity (Wildman–Crippen MR) is 113 cm³/mol. The number of nitrogens with one attached hydrogen (secondary N) is 1. The monoisotopic (exact) mass is 401 g/mol. The number of rotatable bonds is 5. The molecule has 0 saturated carbocycles. The summed E-state index contributed by atoms with van der Waals surface area (Å²) in [7, 11) is 1.65. The zero-order valence-electron chi connectivity index (χ0n) is 17.5. The SMILES string of the molecule is C=C(/C=N\c1c(C2CCOCC2)ccc(OC)c1C)NC(=O)N1CC[C@](C)(O)C1. The maximum Gasteiger partial charge on any atom is 0.321 e. The summed E-state index contributed by atoms with van der Waals surface area (Å²) in [5.74, 6) is 1.16. The van der Waals surface area contributed by atoms with Crippen LogP contribution in [0.5, 0.6) is 5.75 Å². The van der Waals surface area contributed by atoms with Gasteiger partial charge in [-0.1, -0.05) is 12.6 Å². The molecule has 2 heterocycles. The minimum atomic E-state index is -0.830. The first kappa shape index (κ1) is 21.3. The highest BCUT2D eigenvalue weighted by Crippen LogP contribution is 2.39. The summed E-state index contributed by atoms with van der Waals surface area (Å²) in [6.45, 7) is 9.97. The summed E-state index contributed by atoms with van der Waals surface area (Å²) < 4.78 is 11.0. The number of carbonyl (C=O) groups excluding carboxylic acids is 1. The van der Waals surface area contributed by atoms with Gasteiger partial charge in [0.1, 0.15) is 5.75 Å². The summed E-state index contributed by atoms with van der Waals surface area (Å²) in [4.78, 5) is 18.6. The lowest BCUT2D eigenvalue weighted by Crippen LogP contribution is -2.40. The molecule has 7 nitrogen and oxygen atoms in total. The minimum absolute atomic E-state index is 0.272. The average Bonchev–Trinajstić information content (AvgIpc) is 3.07. The van der Waals surface area contributed by atoms with Gasteiger partial charge in [-0.2, -0.15) is 0 Å². The van der Waals surface area contributed by atoms with Crippen molar-refractivity contribution in [1.29, 1.82) is 0 Å². The largest absolute Gasteiger partial charge is 0.496 e. The van der Waals surface area contributed by atoms with Crippen molar-refractivity contribution >= 4 is 17.9 Å². The van der Waals surface area contributed by atoms with Gasteiger partial charge in [0, 0.05) is 25.3 Å². The zero-order chi connectivity index (χ0) is 21.0. The van der Waals surface area contributed by atoms with E-state index < -0.39 is 5.60 Å². The first-order chi connectivity index (χ1) is 13.8. The highest BCUT2D eigenvalue weighted by atomic mass is 16.5. The van der Waals surface area contributed by atoms with Crippen LogP contribution in [0.1, 0.15) is 43.2 Å². The zero-order valence-corrected chi connectivity index (χ0v) is 17.5. The number of hydrogen-bond acceptors (Lipinski definition) is 5. The van der Waals surface area contributed by atoms with Crippen LogP contribution in [0.4, 0.5) is 10.5 Å². The maximum absolute atomic E-state index is 12.4. The molecule has 2 aliphatic rings.